The van der Waals surface area contributed by atoms with E-state index in [9.17, 15) is 9.18 Å². The summed E-state index contributed by atoms with van der Waals surface area (Å²) >= 11 is 6.78. The molecule has 0 saturated carbocycles. The van der Waals surface area contributed by atoms with E-state index in [0.29, 0.717) is 5.01 Å². The third kappa shape index (κ3) is 2.35. The van der Waals surface area contributed by atoms with Crippen LogP contribution >= 0.6 is 22.9 Å². The number of aromatic nitrogens is 1. The Balaban J connectivity index is 2.41. The summed E-state index contributed by atoms with van der Waals surface area (Å²) in [5.41, 5.74) is 5.85. The van der Waals surface area contributed by atoms with Gasteiger partial charge in [-0.05, 0) is 12.1 Å². The predicted octanol–water partition coefficient (Wildman–Crippen LogP) is 2.69. The minimum atomic E-state index is -1.21. The predicted molar refractivity (Wildman–Crippen MR) is 67.1 cm³/mol. The monoisotopic (exact) mass is 286 g/mol. The number of nitrogens with two attached hydrogens (primary N) is 1. The SMILES string of the molecule is NC(C(=O)O)c1csc(-c2cccc(Cl)c2F)n1. The lowest BCUT2D eigenvalue weighted by Crippen LogP contribution is -2.20. The Labute approximate surface area is 111 Å². The van der Waals surface area contributed by atoms with Crippen molar-refractivity contribution in [2.45, 2.75) is 6.04 Å². The molecule has 0 fully saturated rings. The summed E-state index contributed by atoms with van der Waals surface area (Å²) in [5.74, 6) is -1.76. The first-order valence-electron chi connectivity index (χ1n) is 4.89. The van der Waals surface area contributed by atoms with E-state index in [4.69, 9.17) is 22.4 Å². The topological polar surface area (TPSA) is 76.2 Å². The van der Waals surface area contributed by atoms with Crippen LogP contribution in [0.25, 0.3) is 10.6 Å². The van der Waals surface area contributed by atoms with Crippen molar-refractivity contribution in [1.82, 2.24) is 4.98 Å². The van der Waals surface area contributed by atoms with Crippen molar-refractivity contribution in [3.63, 3.8) is 0 Å². The van der Waals surface area contributed by atoms with Crippen LogP contribution < -0.4 is 5.73 Å². The van der Waals surface area contributed by atoms with Gasteiger partial charge in [-0.3, -0.25) is 4.79 Å². The molecule has 0 spiro atoms. The molecule has 1 aromatic carbocycles. The second-order valence-corrected chi connectivity index (χ2v) is 4.76. The first-order valence-corrected chi connectivity index (χ1v) is 6.14. The van der Waals surface area contributed by atoms with Crippen molar-refractivity contribution in [2.24, 2.45) is 5.73 Å². The third-order valence-corrected chi connectivity index (χ3v) is 3.47. The van der Waals surface area contributed by atoms with Crippen molar-refractivity contribution in [3.8, 4) is 10.6 Å². The van der Waals surface area contributed by atoms with E-state index in [1.165, 1.54) is 17.5 Å². The summed E-state index contributed by atoms with van der Waals surface area (Å²) in [6, 6.07) is 3.34. The van der Waals surface area contributed by atoms with Gasteiger partial charge in [-0.2, -0.15) is 0 Å². The number of nitrogens with zero attached hydrogens (tertiary/aromatic N) is 1. The van der Waals surface area contributed by atoms with Gasteiger partial charge in [-0.25, -0.2) is 9.37 Å². The molecule has 0 aliphatic heterocycles. The summed E-state index contributed by atoms with van der Waals surface area (Å²) in [6.45, 7) is 0. The largest absolute Gasteiger partial charge is 0.480 e. The maximum absolute atomic E-state index is 13.7. The van der Waals surface area contributed by atoms with Crippen LogP contribution in [0, 0.1) is 5.82 Å². The Hall–Kier alpha value is -1.50. The molecule has 1 unspecified atom stereocenters. The van der Waals surface area contributed by atoms with Gasteiger partial charge in [0.1, 0.15) is 11.0 Å². The van der Waals surface area contributed by atoms with E-state index in [-0.39, 0.29) is 16.3 Å². The third-order valence-electron chi connectivity index (χ3n) is 2.29. The van der Waals surface area contributed by atoms with Gasteiger partial charge in [0, 0.05) is 10.9 Å². The van der Waals surface area contributed by atoms with Gasteiger partial charge in [0.2, 0.25) is 0 Å². The van der Waals surface area contributed by atoms with Crippen LogP contribution in [0.15, 0.2) is 23.6 Å². The molecular formula is C11H8ClFN2O2S. The van der Waals surface area contributed by atoms with Crippen molar-refractivity contribution in [1.29, 1.82) is 0 Å². The molecule has 0 amide bonds. The van der Waals surface area contributed by atoms with Gasteiger partial charge in [0.25, 0.3) is 0 Å². The van der Waals surface area contributed by atoms with Crippen molar-refractivity contribution >= 4 is 28.9 Å². The smallest absolute Gasteiger partial charge is 0.326 e. The number of thiazole rings is 1. The lowest BCUT2D eigenvalue weighted by atomic mass is 10.2. The Kier molecular flexibility index (Phi) is 3.60. The van der Waals surface area contributed by atoms with E-state index in [2.05, 4.69) is 4.98 Å². The van der Waals surface area contributed by atoms with Crippen LogP contribution in [0.3, 0.4) is 0 Å². The number of rotatable bonds is 3. The Bertz CT molecular complexity index is 602. The van der Waals surface area contributed by atoms with Crippen molar-refractivity contribution < 1.29 is 14.3 Å². The van der Waals surface area contributed by atoms with E-state index in [1.807, 2.05) is 0 Å². The zero-order valence-electron chi connectivity index (χ0n) is 8.93. The van der Waals surface area contributed by atoms with Crippen LogP contribution in [-0.2, 0) is 4.79 Å². The molecule has 2 aromatic rings. The van der Waals surface area contributed by atoms with Crippen LogP contribution in [0.1, 0.15) is 11.7 Å². The molecule has 94 valence electrons. The highest BCUT2D eigenvalue weighted by Crippen LogP contribution is 2.30. The summed E-state index contributed by atoms with van der Waals surface area (Å²) in [7, 11) is 0. The van der Waals surface area contributed by atoms with E-state index < -0.39 is 17.8 Å². The molecule has 18 heavy (non-hydrogen) atoms. The van der Waals surface area contributed by atoms with Crippen LogP contribution in [0.4, 0.5) is 4.39 Å². The Morgan fingerprint density at radius 3 is 2.94 bits per heavy atom. The first-order chi connectivity index (χ1) is 8.50. The second-order valence-electron chi connectivity index (χ2n) is 3.49. The molecule has 0 aliphatic rings. The fourth-order valence-corrected chi connectivity index (χ4v) is 2.40. The average Bonchev–Trinajstić information content (AvgIpc) is 2.80. The van der Waals surface area contributed by atoms with E-state index in [1.54, 1.807) is 6.07 Å². The highest BCUT2D eigenvalue weighted by atomic mass is 35.5. The molecular weight excluding hydrogens is 279 g/mol. The Morgan fingerprint density at radius 1 is 1.56 bits per heavy atom. The molecule has 1 atom stereocenters. The highest BCUT2D eigenvalue weighted by Gasteiger charge is 2.19. The summed E-state index contributed by atoms with van der Waals surface area (Å²) < 4.78 is 13.7. The lowest BCUT2D eigenvalue weighted by Gasteiger charge is -2.02. The minimum absolute atomic E-state index is 0.00761. The summed E-state index contributed by atoms with van der Waals surface area (Å²) in [5, 5.41) is 10.6. The van der Waals surface area contributed by atoms with Gasteiger partial charge in [0.15, 0.2) is 5.82 Å². The van der Waals surface area contributed by atoms with Crippen molar-refractivity contribution in [2.75, 3.05) is 0 Å². The Morgan fingerprint density at radius 2 is 2.28 bits per heavy atom. The second kappa shape index (κ2) is 5.01. The number of carboxylic acid groups (broad SMARTS) is 1. The molecule has 0 saturated heterocycles. The zero-order chi connectivity index (χ0) is 13.3. The van der Waals surface area contributed by atoms with Crippen LogP contribution in [-0.4, -0.2) is 16.1 Å². The van der Waals surface area contributed by atoms with Gasteiger partial charge < -0.3 is 10.8 Å². The zero-order valence-corrected chi connectivity index (χ0v) is 10.5. The van der Waals surface area contributed by atoms with Crippen LogP contribution in [0.5, 0.6) is 0 Å². The lowest BCUT2D eigenvalue weighted by molar-refractivity contribution is -0.138. The molecule has 2 rings (SSSR count). The van der Waals surface area contributed by atoms with Gasteiger partial charge in [0.05, 0.1) is 10.7 Å². The number of carboxylic acids is 1. The molecule has 7 heteroatoms. The summed E-state index contributed by atoms with van der Waals surface area (Å²) in [6.07, 6.45) is 0. The molecule has 4 nitrogen and oxygen atoms in total. The molecule has 3 N–H and O–H groups in total. The number of hydrogen-bond acceptors (Lipinski definition) is 4. The molecule has 0 bridgehead atoms. The quantitative estimate of drug-likeness (QED) is 0.909. The maximum Gasteiger partial charge on any atom is 0.326 e. The maximum atomic E-state index is 13.7. The fraction of sp³-hybridized carbons (Fsp3) is 0.0909. The minimum Gasteiger partial charge on any atom is -0.480 e. The van der Waals surface area contributed by atoms with Crippen LogP contribution in [0.2, 0.25) is 5.02 Å². The molecule has 0 aliphatic carbocycles. The highest BCUT2D eigenvalue weighted by molar-refractivity contribution is 7.13. The van der Waals surface area contributed by atoms with Gasteiger partial charge in [-0.1, -0.05) is 17.7 Å². The first kappa shape index (κ1) is 12.9. The number of hydrogen-bond donors (Lipinski definition) is 2. The standard InChI is InChI=1S/C11H8ClFN2O2S/c12-6-3-1-2-5(8(6)13)10-15-7(4-18-10)9(14)11(16)17/h1-4,9H,14H2,(H,16,17). The number of benzene rings is 1. The normalized spacial score (nSPS) is 12.4. The molecule has 1 heterocycles. The van der Waals surface area contributed by atoms with Gasteiger partial charge >= 0.3 is 5.97 Å². The number of aliphatic carboxylic acids is 1. The van der Waals surface area contributed by atoms with E-state index >= 15 is 0 Å². The van der Waals surface area contributed by atoms with Gasteiger partial charge in [-0.15, -0.1) is 11.3 Å². The van der Waals surface area contributed by atoms with E-state index in [0.717, 1.165) is 11.3 Å². The number of carbonyl (C=O) groups is 1. The summed E-state index contributed by atoms with van der Waals surface area (Å²) in [4.78, 5) is 14.7. The molecule has 0 radical (unpaired) electrons. The molecule has 1 aromatic heterocycles. The average molecular weight is 287 g/mol. The fourth-order valence-electron chi connectivity index (χ4n) is 1.35. The van der Waals surface area contributed by atoms with Crippen molar-refractivity contribution in [3.05, 3.63) is 40.1 Å². The number of halogens is 2.